The van der Waals surface area contributed by atoms with E-state index in [1.165, 1.54) is 20.1 Å². The average Bonchev–Trinajstić information content (AvgIpc) is 3.07. The quantitative estimate of drug-likeness (QED) is 0.296. The summed E-state index contributed by atoms with van der Waals surface area (Å²) in [7, 11) is 1.41. The lowest BCUT2D eigenvalue weighted by atomic mass is 9.89. The van der Waals surface area contributed by atoms with E-state index in [2.05, 4.69) is 15.9 Å². The zero-order valence-electron chi connectivity index (χ0n) is 17.6. The number of esters is 2. The van der Waals surface area contributed by atoms with Crippen molar-refractivity contribution in [3.05, 3.63) is 27.3 Å². The summed E-state index contributed by atoms with van der Waals surface area (Å²) in [6.45, 7) is 8.19. The van der Waals surface area contributed by atoms with Gasteiger partial charge >= 0.3 is 11.9 Å². The minimum Gasteiger partial charge on any atom is -0.495 e. The van der Waals surface area contributed by atoms with Crippen molar-refractivity contribution in [3.8, 4) is 5.75 Å². The van der Waals surface area contributed by atoms with Crippen LogP contribution in [-0.2, 0) is 19.1 Å². The predicted molar refractivity (Wildman–Crippen MR) is 115 cm³/mol. The van der Waals surface area contributed by atoms with E-state index < -0.39 is 41.0 Å². The number of fused-ring (bicyclic) bond motifs is 1. The van der Waals surface area contributed by atoms with E-state index in [9.17, 15) is 18.8 Å². The Hall–Kier alpha value is -2.00. The molecule has 30 heavy (non-hydrogen) atoms. The number of halogens is 2. The lowest BCUT2D eigenvalue weighted by Gasteiger charge is -2.25. The Kier molecular flexibility index (Phi) is 7.63. The first kappa shape index (κ1) is 24.3. The third-order valence-electron chi connectivity index (χ3n) is 4.23. The minimum absolute atomic E-state index is 0.111. The van der Waals surface area contributed by atoms with E-state index >= 15 is 0 Å². The van der Waals surface area contributed by atoms with E-state index in [0.29, 0.717) is 4.70 Å². The fraction of sp³-hybridized carbons (Fsp3) is 0.476. The van der Waals surface area contributed by atoms with Crippen LogP contribution in [0.4, 0.5) is 4.39 Å². The molecule has 0 fully saturated rings. The molecular formula is C21H24BrFO6S. The number of hydrogen-bond acceptors (Lipinski definition) is 7. The monoisotopic (exact) mass is 502 g/mol. The van der Waals surface area contributed by atoms with Crippen LogP contribution in [0.15, 0.2) is 16.6 Å². The van der Waals surface area contributed by atoms with Crippen LogP contribution in [0.3, 0.4) is 0 Å². The first-order valence-electron chi connectivity index (χ1n) is 9.30. The number of ketones is 1. The number of benzene rings is 1. The zero-order valence-corrected chi connectivity index (χ0v) is 20.0. The number of carbonyl (C=O) groups is 3. The number of ether oxygens (including phenoxy) is 3. The molecule has 6 nitrogen and oxygen atoms in total. The first-order valence-corrected chi connectivity index (χ1v) is 10.9. The summed E-state index contributed by atoms with van der Waals surface area (Å²) in [5.74, 6) is -4.91. The fourth-order valence-electron chi connectivity index (χ4n) is 2.83. The van der Waals surface area contributed by atoms with Crippen LogP contribution in [0.25, 0.3) is 10.1 Å². The van der Waals surface area contributed by atoms with Crippen LogP contribution in [0.5, 0.6) is 5.75 Å². The molecule has 0 N–H and O–H groups in total. The van der Waals surface area contributed by atoms with Gasteiger partial charge in [0.1, 0.15) is 23.1 Å². The van der Waals surface area contributed by atoms with E-state index in [-0.39, 0.29) is 27.1 Å². The van der Waals surface area contributed by atoms with Crippen LogP contribution < -0.4 is 4.74 Å². The third kappa shape index (κ3) is 5.18. The molecule has 2 aromatic rings. The summed E-state index contributed by atoms with van der Waals surface area (Å²) in [6, 6.07) is 2.97. The SMILES string of the molecule is CCOC(=O)[C@@H](C)C(C(=O)OC(C)(C)C)C(=O)c1cc2c(F)c(Br)c(OC)cc2s1. The molecule has 9 heteroatoms. The van der Waals surface area contributed by atoms with Gasteiger partial charge in [-0.25, -0.2) is 4.39 Å². The second kappa shape index (κ2) is 9.43. The number of thiophene rings is 1. The highest BCUT2D eigenvalue weighted by atomic mass is 79.9. The standard InChI is InChI=1S/C21H24BrFO6S/c1-7-28-19(25)10(2)15(20(26)29-21(3,4)5)18(24)14-8-11-13(30-14)9-12(27-6)16(22)17(11)23/h8-10,15H,7H2,1-6H3/t10-,15?/m0/s1. The second-order valence-electron chi connectivity index (χ2n) is 7.65. The molecule has 1 aromatic heterocycles. The van der Waals surface area contributed by atoms with Gasteiger partial charge in [-0.2, -0.15) is 0 Å². The van der Waals surface area contributed by atoms with Gasteiger partial charge in [0.05, 0.1) is 29.0 Å². The van der Waals surface area contributed by atoms with E-state index in [1.807, 2.05) is 0 Å². The summed E-state index contributed by atoms with van der Waals surface area (Å²) >= 11 is 4.15. The van der Waals surface area contributed by atoms with Gasteiger partial charge in [-0.1, -0.05) is 6.92 Å². The van der Waals surface area contributed by atoms with Crippen molar-refractivity contribution < 1.29 is 33.0 Å². The smallest absolute Gasteiger partial charge is 0.318 e. The number of carbonyl (C=O) groups excluding carboxylic acids is 3. The molecule has 2 atom stereocenters. The Morgan fingerprint density at radius 1 is 1.20 bits per heavy atom. The molecular weight excluding hydrogens is 479 g/mol. The minimum atomic E-state index is -1.41. The third-order valence-corrected chi connectivity index (χ3v) is 6.07. The van der Waals surface area contributed by atoms with Gasteiger partial charge in [-0.05, 0) is 55.8 Å². The maximum Gasteiger partial charge on any atom is 0.318 e. The van der Waals surface area contributed by atoms with Crippen molar-refractivity contribution in [1.82, 2.24) is 0 Å². The van der Waals surface area contributed by atoms with Gasteiger partial charge < -0.3 is 14.2 Å². The fourth-order valence-corrected chi connectivity index (χ4v) is 4.38. The molecule has 0 bridgehead atoms. The molecule has 0 saturated heterocycles. The van der Waals surface area contributed by atoms with Crippen molar-refractivity contribution >= 4 is 55.1 Å². The number of hydrogen-bond donors (Lipinski definition) is 0. The average molecular weight is 503 g/mol. The summed E-state index contributed by atoms with van der Waals surface area (Å²) < 4.78 is 30.8. The topological polar surface area (TPSA) is 78.9 Å². The van der Waals surface area contributed by atoms with Crippen LogP contribution in [0, 0.1) is 17.7 Å². The summed E-state index contributed by atoms with van der Waals surface area (Å²) in [5.41, 5.74) is -0.853. The van der Waals surface area contributed by atoms with E-state index in [4.69, 9.17) is 14.2 Å². The Morgan fingerprint density at radius 3 is 2.37 bits per heavy atom. The summed E-state index contributed by atoms with van der Waals surface area (Å²) in [6.07, 6.45) is 0. The lowest BCUT2D eigenvalue weighted by molar-refractivity contribution is -0.165. The van der Waals surface area contributed by atoms with Crippen LogP contribution in [0.2, 0.25) is 0 Å². The Morgan fingerprint density at radius 2 is 1.83 bits per heavy atom. The lowest BCUT2D eigenvalue weighted by Crippen LogP contribution is -2.39. The maximum absolute atomic E-state index is 14.7. The van der Waals surface area contributed by atoms with Gasteiger partial charge in [0.15, 0.2) is 5.78 Å². The van der Waals surface area contributed by atoms with Gasteiger partial charge in [0.2, 0.25) is 0 Å². The van der Waals surface area contributed by atoms with Crippen molar-refractivity contribution in [3.63, 3.8) is 0 Å². The first-order chi connectivity index (χ1) is 13.9. The van der Waals surface area contributed by atoms with Crippen LogP contribution in [0.1, 0.15) is 44.3 Å². The van der Waals surface area contributed by atoms with E-state index in [1.54, 1.807) is 33.8 Å². The molecule has 1 unspecified atom stereocenters. The van der Waals surface area contributed by atoms with Crippen molar-refractivity contribution in [2.45, 2.75) is 40.2 Å². The highest BCUT2D eigenvalue weighted by Crippen LogP contribution is 2.39. The molecule has 2 rings (SSSR count). The van der Waals surface area contributed by atoms with Crippen LogP contribution >= 0.6 is 27.3 Å². The van der Waals surface area contributed by atoms with E-state index in [0.717, 1.165) is 11.3 Å². The van der Waals surface area contributed by atoms with Gasteiger partial charge in [0.25, 0.3) is 0 Å². The Balaban J connectivity index is 2.52. The van der Waals surface area contributed by atoms with Gasteiger partial charge in [0, 0.05) is 10.1 Å². The number of Topliss-reactive ketones (excluding diaryl/α,β-unsaturated/α-hetero) is 1. The molecule has 0 saturated carbocycles. The largest absolute Gasteiger partial charge is 0.495 e. The number of methoxy groups -OCH3 is 1. The van der Waals surface area contributed by atoms with Gasteiger partial charge in [-0.15, -0.1) is 11.3 Å². The molecule has 1 aromatic carbocycles. The van der Waals surface area contributed by atoms with Crippen molar-refractivity contribution in [2.75, 3.05) is 13.7 Å². The molecule has 1 heterocycles. The normalized spacial score (nSPS) is 13.6. The molecule has 0 amide bonds. The zero-order chi connectivity index (χ0) is 22.8. The maximum atomic E-state index is 14.7. The summed E-state index contributed by atoms with van der Waals surface area (Å²) in [4.78, 5) is 38.5. The van der Waals surface area contributed by atoms with Crippen molar-refractivity contribution in [1.29, 1.82) is 0 Å². The molecule has 0 aliphatic carbocycles. The summed E-state index contributed by atoms with van der Waals surface area (Å²) in [5, 5.41) is 0.211. The Bertz CT molecular complexity index is 978. The van der Waals surface area contributed by atoms with Gasteiger partial charge in [-0.3, -0.25) is 14.4 Å². The van der Waals surface area contributed by atoms with Crippen molar-refractivity contribution in [2.24, 2.45) is 11.8 Å². The highest BCUT2D eigenvalue weighted by Gasteiger charge is 2.41. The molecule has 0 spiro atoms. The predicted octanol–water partition coefficient (Wildman–Crippen LogP) is 5.15. The molecule has 164 valence electrons. The molecule has 0 radical (unpaired) electrons. The second-order valence-corrected chi connectivity index (χ2v) is 9.52. The van der Waals surface area contributed by atoms with Crippen LogP contribution in [-0.4, -0.2) is 37.0 Å². The molecule has 0 aliphatic heterocycles. The highest BCUT2D eigenvalue weighted by molar-refractivity contribution is 9.10. The molecule has 0 aliphatic rings. The Labute approximate surface area is 186 Å². The number of rotatable bonds is 7.